The fourth-order valence-corrected chi connectivity index (χ4v) is 3.61. The van der Waals surface area contributed by atoms with E-state index in [9.17, 15) is 4.79 Å². The number of amides is 1. The predicted molar refractivity (Wildman–Crippen MR) is 104 cm³/mol. The Morgan fingerprint density at radius 2 is 2.26 bits per heavy atom. The Labute approximate surface area is 158 Å². The number of H-pyrrole nitrogens is 1. The van der Waals surface area contributed by atoms with Crippen LogP contribution in [0, 0.1) is 5.92 Å². The monoisotopic (exact) mass is 373 g/mol. The highest BCUT2D eigenvalue weighted by atomic mass is 16.5. The molecule has 0 radical (unpaired) electrons. The Balaban J connectivity index is 1.73. The van der Waals surface area contributed by atoms with E-state index in [1.54, 1.807) is 13.3 Å². The molecule has 1 amide bonds. The molecule has 1 aliphatic heterocycles. The zero-order chi connectivity index (χ0) is 18.8. The van der Waals surface area contributed by atoms with Crippen LogP contribution in [0.1, 0.15) is 25.7 Å². The number of nitrogens with one attached hydrogen (secondary N) is 2. The van der Waals surface area contributed by atoms with Crippen LogP contribution in [-0.4, -0.2) is 55.3 Å². The van der Waals surface area contributed by atoms with Crippen LogP contribution < -0.4 is 20.7 Å². The largest absolute Gasteiger partial charge is 0.487 e. The molecule has 4 N–H and O–H groups in total. The van der Waals surface area contributed by atoms with Gasteiger partial charge in [0, 0.05) is 38.4 Å². The van der Waals surface area contributed by atoms with Crippen LogP contribution in [0.3, 0.4) is 0 Å². The summed E-state index contributed by atoms with van der Waals surface area (Å²) in [6.07, 6.45) is 7.51. The summed E-state index contributed by atoms with van der Waals surface area (Å²) in [5, 5.41) is 3.95. The van der Waals surface area contributed by atoms with Gasteiger partial charge >= 0.3 is 0 Å². The van der Waals surface area contributed by atoms with Crippen LogP contribution in [0.15, 0.2) is 12.4 Å². The molecule has 146 valence electrons. The van der Waals surface area contributed by atoms with Gasteiger partial charge in [0.25, 0.3) is 0 Å². The van der Waals surface area contributed by atoms with Crippen molar-refractivity contribution in [3.63, 3.8) is 0 Å². The molecule has 0 bridgehead atoms. The van der Waals surface area contributed by atoms with Gasteiger partial charge in [-0.1, -0.05) is 0 Å². The first-order valence-corrected chi connectivity index (χ1v) is 9.60. The van der Waals surface area contributed by atoms with Crippen molar-refractivity contribution in [2.75, 3.05) is 43.6 Å². The number of methoxy groups -OCH3 is 1. The smallest absolute Gasteiger partial charge is 0.227 e. The first-order chi connectivity index (χ1) is 13.2. The van der Waals surface area contributed by atoms with Crippen molar-refractivity contribution < 1.29 is 14.3 Å². The van der Waals surface area contributed by atoms with Crippen LogP contribution in [0.2, 0.25) is 0 Å². The Morgan fingerprint density at radius 1 is 1.41 bits per heavy atom. The molecule has 0 aromatic carbocycles. The fourth-order valence-electron chi connectivity index (χ4n) is 3.61. The molecule has 0 spiro atoms. The molecule has 27 heavy (non-hydrogen) atoms. The minimum atomic E-state index is 0.0721. The van der Waals surface area contributed by atoms with Crippen LogP contribution in [0.25, 0.3) is 11.0 Å². The predicted octanol–water partition coefficient (Wildman–Crippen LogP) is 1.86. The van der Waals surface area contributed by atoms with Gasteiger partial charge in [-0.2, -0.15) is 0 Å². The standard InChI is InChI=1S/C19H27N5O3/c1-26-7-8-27-15-10-22-18-16(17(15)24-6-2-3-13(20)11-24)14(9-21-18)23-19(25)12-4-5-12/h9-10,12-13H,2-8,11,20H2,1H3,(H,21,22)(H,23,25). The van der Waals surface area contributed by atoms with Gasteiger partial charge in [-0.3, -0.25) is 4.79 Å². The minimum absolute atomic E-state index is 0.0721. The van der Waals surface area contributed by atoms with Crippen LogP contribution >= 0.6 is 0 Å². The van der Waals surface area contributed by atoms with Gasteiger partial charge < -0.3 is 30.4 Å². The molecule has 2 fully saturated rings. The number of hydrogen-bond acceptors (Lipinski definition) is 6. The number of anilines is 2. The number of ether oxygens (including phenoxy) is 2. The molecule has 2 aliphatic rings. The van der Waals surface area contributed by atoms with Gasteiger partial charge in [0.15, 0.2) is 5.75 Å². The third-order valence-electron chi connectivity index (χ3n) is 5.17. The van der Waals surface area contributed by atoms with Crippen molar-refractivity contribution >= 4 is 28.3 Å². The lowest BCUT2D eigenvalue weighted by molar-refractivity contribution is -0.117. The van der Waals surface area contributed by atoms with Crippen molar-refractivity contribution in [1.82, 2.24) is 9.97 Å². The zero-order valence-corrected chi connectivity index (χ0v) is 15.7. The molecular formula is C19H27N5O3. The maximum Gasteiger partial charge on any atom is 0.227 e. The van der Waals surface area contributed by atoms with Crippen molar-refractivity contribution in [3.8, 4) is 5.75 Å². The van der Waals surface area contributed by atoms with Gasteiger partial charge in [-0.15, -0.1) is 0 Å². The number of aromatic amines is 1. The molecule has 2 aromatic rings. The van der Waals surface area contributed by atoms with E-state index in [0.29, 0.717) is 19.0 Å². The lowest BCUT2D eigenvalue weighted by atomic mass is 10.0. The first-order valence-electron chi connectivity index (χ1n) is 9.60. The number of rotatable bonds is 7. The van der Waals surface area contributed by atoms with E-state index in [-0.39, 0.29) is 17.9 Å². The molecule has 3 heterocycles. The van der Waals surface area contributed by atoms with E-state index < -0.39 is 0 Å². The average molecular weight is 373 g/mol. The number of pyridine rings is 1. The Kier molecular flexibility index (Phi) is 5.18. The maximum atomic E-state index is 12.3. The second-order valence-corrected chi connectivity index (χ2v) is 7.35. The second-order valence-electron chi connectivity index (χ2n) is 7.35. The summed E-state index contributed by atoms with van der Waals surface area (Å²) in [4.78, 5) is 22.2. The van der Waals surface area contributed by atoms with Gasteiger partial charge in [0.1, 0.15) is 12.3 Å². The third-order valence-corrected chi connectivity index (χ3v) is 5.17. The van der Waals surface area contributed by atoms with E-state index in [1.165, 1.54) is 0 Å². The van der Waals surface area contributed by atoms with Gasteiger partial charge in [0.2, 0.25) is 5.91 Å². The summed E-state index contributed by atoms with van der Waals surface area (Å²) in [6, 6.07) is 0.122. The van der Waals surface area contributed by atoms with Crippen LogP contribution in [0.5, 0.6) is 5.75 Å². The normalized spacial score (nSPS) is 20.1. The quantitative estimate of drug-likeness (QED) is 0.640. The maximum absolute atomic E-state index is 12.3. The fraction of sp³-hybridized carbons (Fsp3) is 0.579. The van der Waals surface area contributed by atoms with Gasteiger partial charge in [-0.25, -0.2) is 4.98 Å². The van der Waals surface area contributed by atoms with E-state index in [1.807, 2.05) is 6.20 Å². The number of hydrogen-bond donors (Lipinski definition) is 3. The molecule has 2 aromatic heterocycles. The van der Waals surface area contributed by atoms with Gasteiger partial charge in [-0.05, 0) is 25.7 Å². The number of carbonyl (C=O) groups excluding carboxylic acids is 1. The van der Waals surface area contributed by atoms with Crippen LogP contribution in [-0.2, 0) is 9.53 Å². The Bertz CT molecular complexity index is 817. The Hall–Kier alpha value is -2.32. The molecule has 1 atom stereocenters. The van der Waals surface area contributed by atoms with E-state index in [4.69, 9.17) is 15.2 Å². The molecule has 1 unspecified atom stereocenters. The number of nitrogens with two attached hydrogens (primary N) is 1. The molecule has 1 saturated heterocycles. The number of fused-ring (bicyclic) bond motifs is 1. The topological polar surface area (TPSA) is 106 Å². The highest BCUT2D eigenvalue weighted by Crippen LogP contribution is 2.41. The molecule has 4 rings (SSSR count). The lowest BCUT2D eigenvalue weighted by Crippen LogP contribution is -2.43. The number of nitrogens with zero attached hydrogens (tertiary/aromatic N) is 2. The third kappa shape index (κ3) is 3.86. The van der Waals surface area contributed by atoms with Crippen molar-refractivity contribution in [2.45, 2.75) is 31.7 Å². The van der Waals surface area contributed by atoms with Crippen LogP contribution in [0.4, 0.5) is 11.4 Å². The van der Waals surface area contributed by atoms with E-state index >= 15 is 0 Å². The lowest BCUT2D eigenvalue weighted by Gasteiger charge is -2.34. The molecule has 8 nitrogen and oxygen atoms in total. The number of piperidine rings is 1. The van der Waals surface area contributed by atoms with Crippen molar-refractivity contribution in [3.05, 3.63) is 12.4 Å². The first kappa shape index (κ1) is 18.1. The SMILES string of the molecule is COCCOc1cnc2[nH]cc(NC(=O)C3CC3)c2c1N1CCCC(N)C1. The van der Waals surface area contributed by atoms with Crippen molar-refractivity contribution in [1.29, 1.82) is 0 Å². The second kappa shape index (κ2) is 7.74. The van der Waals surface area contributed by atoms with Crippen molar-refractivity contribution in [2.24, 2.45) is 11.7 Å². The van der Waals surface area contributed by atoms with Gasteiger partial charge in [0.05, 0.1) is 29.6 Å². The van der Waals surface area contributed by atoms with E-state index in [2.05, 4.69) is 20.2 Å². The average Bonchev–Trinajstić information content (AvgIpc) is 3.44. The molecule has 1 aliphatic carbocycles. The minimum Gasteiger partial charge on any atom is -0.487 e. The summed E-state index contributed by atoms with van der Waals surface area (Å²) < 4.78 is 11.1. The summed E-state index contributed by atoms with van der Waals surface area (Å²) in [5.74, 6) is 0.897. The molecular weight excluding hydrogens is 346 g/mol. The summed E-state index contributed by atoms with van der Waals surface area (Å²) >= 11 is 0. The number of aromatic nitrogens is 2. The highest BCUT2D eigenvalue weighted by Gasteiger charge is 2.31. The van der Waals surface area contributed by atoms with E-state index in [0.717, 1.165) is 61.2 Å². The molecule has 1 saturated carbocycles. The summed E-state index contributed by atoms with van der Waals surface area (Å²) in [6.45, 7) is 2.58. The molecule has 8 heteroatoms. The Morgan fingerprint density at radius 3 is 3.00 bits per heavy atom. The summed E-state index contributed by atoms with van der Waals surface area (Å²) in [7, 11) is 1.65. The zero-order valence-electron chi connectivity index (χ0n) is 15.7. The number of carbonyl (C=O) groups is 1. The summed E-state index contributed by atoms with van der Waals surface area (Å²) in [5.41, 5.74) is 8.65. The highest BCUT2D eigenvalue weighted by molar-refractivity contribution is 6.08.